The van der Waals surface area contributed by atoms with Crippen molar-refractivity contribution < 1.29 is 9.53 Å². The van der Waals surface area contributed by atoms with E-state index in [1.54, 1.807) is 18.9 Å². The molecule has 25 heavy (non-hydrogen) atoms. The van der Waals surface area contributed by atoms with Gasteiger partial charge in [-0.15, -0.1) is 23.1 Å². The summed E-state index contributed by atoms with van der Waals surface area (Å²) in [5, 5.41) is 5.42. The van der Waals surface area contributed by atoms with E-state index in [1.807, 2.05) is 60.0 Å². The molecule has 0 aliphatic carbocycles. The van der Waals surface area contributed by atoms with Crippen molar-refractivity contribution in [1.82, 2.24) is 4.98 Å². The van der Waals surface area contributed by atoms with Crippen molar-refractivity contribution in [3.8, 4) is 17.0 Å². The summed E-state index contributed by atoms with van der Waals surface area (Å²) in [5.74, 6) is 1.51. The van der Waals surface area contributed by atoms with Gasteiger partial charge in [-0.3, -0.25) is 4.79 Å². The summed E-state index contributed by atoms with van der Waals surface area (Å²) in [5.41, 5.74) is 1.80. The van der Waals surface area contributed by atoms with Gasteiger partial charge in [-0.2, -0.15) is 0 Å². The Morgan fingerprint density at radius 2 is 2.04 bits per heavy atom. The highest BCUT2D eigenvalue weighted by molar-refractivity contribution is 7.99. The zero-order chi connectivity index (χ0) is 17.5. The van der Waals surface area contributed by atoms with Crippen molar-refractivity contribution in [2.24, 2.45) is 0 Å². The molecule has 3 aromatic rings. The number of aromatic nitrogens is 1. The Morgan fingerprint density at radius 3 is 2.84 bits per heavy atom. The number of benzene rings is 2. The smallest absolute Gasteiger partial charge is 0.226 e. The second-order valence-corrected chi connectivity index (χ2v) is 7.26. The number of nitrogens with zero attached hydrogens (tertiary/aromatic N) is 1. The Hall–Kier alpha value is -2.31. The molecule has 4 nitrogen and oxygen atoms in total. The van der Waals surface area contributed by atoms with Crippen LogP contribution in [-0.4, -0.2) is 23.8 Å². The van der Waals surface area contributed by atoms with Crippen LogP contribution in [0.5, 0.6) is 5.75 Å². The minimum atomic E-state index is -0.0185. The first-order chi connectivity index (χ1) is 12.2. The van der Waals surface area contributed by atoms with Gasteiger partial charge in [0.1, 0.15) is 5.75 Å². The number of thiazole rings is 1. The van der Waals surface area contributed by atoms with Gasteiger partial charge >= 0.3 is 0 Å². The molecule has 0 atom stereocenters. The minimum absolute atomic E-state index is 0.0185. The minimum Gasteiger partial charge on any atom is -0.497 e. The summed E-state index contributed by atoms with van der Waals surface area (Å²) in [6, 6.07) is 17.8. The van der Waals surface area contributed by atoms with Gasteiger partial charge in [0.05, 0.1) is 12.8 Å². The molecule has 2 aromatic carbocycles. The van der Waals surface area contributed by atoms with Crippen LogP contribution in [-0.2, 0) is 4.79 Å². The fourth-order valence-electron chi connectivity index (χ4n) is 2.21. The quantitative estimate of drug-likeness (QED) is 0.599. The van der Waals surface area contributed by atoms with Crippen molar-refractivity contribution in [2.75, 3.05) is 18.2 Å². The van der Waals surface area contributed by atoms with Gasteiger partial charge in [0.15, 0.2) is 5.13 Å². The topological polar surface area (TPSA) is 51.2 Å². The molecule has 0 aliphatic heterocycles. The van der Waals surface area contributed by atoms with Gasteiger partial charge in [-0.1, -0.05) is 30.3 Å². The first-order valence-electron chi connectivity index (χ1n) is 7.82. The molecule has 128 valence electrons. The standard InChI is InChI=1S/C19H18N2O2S2/c1-23-15-7-5-6-14(12-15)17-13-25-19(20-17)21-18(22)10-11-24-16-8-3-2-4-9-16/h2-9,12-13H,10-11H2,1H3,(H,20,21,22). The SMILES string of the molecule is COc1cccc(-c2csc(NC(=O)CCSc3ccccc3)n2)c1. The number of carbonyl (C=O) groups excluding carboxylic acids is 1. The van der Waals surface area contributed by atoms with Gasteiger partial charge in [0.25, 0.3) is 0 Å². The van der Waals surface area contributed by atoms with Crippen LogP contribution in [0.3, 0.4) is 0 Å². The van der Waals surface area contributed by atoms with E-state index in [0.717, 1.165) is 22.8 Å². The van der Waals surface area contributed by atoms with Crippen LogP contribution >= 0.6 is 23.1 Å². The monoisotopic (exact) mass is 370 g/mol. The number of anilines is 1. The van der Waals surface area contributed by atoms with Crippen LogP contribution in [0.15, 0.2) is 64.9 Å². The van der Waals surface area contributed by atoms with E-state index in [4.69, 9.17) is 4.74 Å². The van der Waals surface area contributed by atoms with E-state index in [1.165, 1.54) is 16.2 Å². The lowest BCUT2D eigenvalue weighted by atomic mass is 10.2. The van der Waals surface area contributed by atoms with E-state index in [2.05, 4.69) is 10.3 Å². The van der Waals surface area contributed by atoms with Gasteiger partial charge in [0, 0.05) is 28.0 Å². The zero-order valence-electron chi connectivity index (χ0n) is 13.8. The summed E-state index contributed by atoms with van der Waals surface area (Å²) < 4.78 is 5.23. The van der Waals surface area contributed by atoms with Crippen molar-refractivity contribution in [3.63, 3.8) is 0 Å². The highest BCUT2D eigenvalue weighted by Gasteiger charge is 2.09. The summed E-state index contributed by atoms with van der Waals surface area (Å²) in [7, 11) is 1.64. The molecule has 0 saturated carbocycles. The van der Waals surface area contributed by atoms with Crippen LogP contribution in [0.4, 0.5) is 5.13 Å². The predicted octanol–water partition coefficient (Wildman–Crippen LogP) is 4.94. The number of ether oxygens (including phenoxy) is 1. The summed E-state index contributed by atoms with van der Waals surface area (Å²) >= 11 is 3.10. The average Bonchev–Trinajstić information content (AvgIpc) is 3.11. The number of amides is 1. The molecule has 6 heteroatoms. The molecule has 0 radical (unpaired) electrons. The lowest BCUT2D eigenvalue weighted by Gasteiger charge is -2.03. The molecule has 0 aliphatic rings. The van der Waals surface area contributed by atoms with Crippen molar-refractivity contribution in [3.05, 3.63) is 60.0 Å². The molecular formula is C19H18N2O2S2. The molecule has 1 amide bonds. The first-order valence-corrected chi connectivity index (χ1v) is 9.69. The second kappa shape index (κ2) is 8.69. The molecule has 1 N–H and O–H groups in total. The number of hydrogen-bond acceptors (Lipinski definition) is 5. The van der Waals surface area contributed by atoms with Crippen LogP contribution in [0.2, 0.25) is 0 Å². The third kappa shape index (κ3) is 5.08. The van der Waals surface area contributed by atoms with Gasteiger partial charge in [0.2, 0.25) is 5.91 Å². The zero-order valence-corrected chi connectivity index (χ0v) is 15.4. The Balaban J connectivity index is 1.53. The normalized spacial score (nSPS) is 10.4. The van der Waals surface area contributed by atoms with Crippen molar-refractivity contribution in [2.45, 2.75) is 11.3 Å². The Labute approximate surface area is 155 Å². The van der Waals surface area contributed by atoms with Crippen LogP contribution in [0.25, 0.3) is 11.3 Å². The van der Waals surface area contributed by atoms with E-state index >= 15 is 0 Å². The molecule has 0 unspecified atom stereocenters. The Kier molecular flexibility index (Phi) is 6.09. The van der Waals surface area contributed by atoms with E-state index < -0.39 is 0 Å². The fraction of sp³-hybridized carbons (Fsp3) is 0.158. The maximum absolute atomic E-state index is 12.1. The van der Waals surface area contributed by atoms with Crippen LogP contribution in [0, 0.1) is 0 Å². The highest BCUT2D eigenvalue weighted by atomic mass is 32.2. The van der Waals surface area contributed by atoms with Gasteiger partial charge in [-0.05, 0) is 24.3 Å². The largest absolute Gasteiger partial charge is 0.497 e. The molecule has 1 heterocycles. The van der Waals surface area contributed by atoms with Crippen molar-refractivity contribution in [1.29, 1.82) is 0 Å². The molecule has 3 rings (SSSR count). The van der Waals surface area contributed by atoms with E-state index in [9.17, 15) is 4.79 Å². The molecular weight excluding hydrogens is 352 g/mol. The third-order valence-electron chi connectivity index (χ3n) is 3.46. The van der Waals surface area contributed by atoms with Crippen LogP contribution in [0.1, 0.15) is 6.42 Å². The number of carbonyl (C=O) groups is 1. The van der Waals surface area contributed by atoms with E-state index in [-0.39, 0.29) is 5.91 Å². The molecule has 0 fully saturated rings. The summed E-state index contributed by atoms with van der Waals surface area (Å²) in [4.78, 5) is 17.7. The third-order valence-corrected chi connectivity index (χ3v) is 5.23. The maximum atomic E-state index is 12.1. The average molecular weight is 370 g/mol. The molecule has 1 aromatic heterocycles. The number of methoxy groups -OCH3 is 1. The Morgan fingerprint density at radius 1 is 1.20 bits per heavy atom. The van der Waals surface area contributed by atoms with Gasteiger partial charge in [-0.25, -0.2) is 4.98 Å². The fourth-order valence-corrected chi connectivity index (χ4v) is 3.81. The summed E-state index contributed by atoms with van der Waals surface area (Å²) in [6.07, 6.45) is 0.452. The second-order valence-electron chi connectivity index (χ2n) is 5.23. The molecule has 0 spiro atoms. The van der Waals surface area contributed by atoms with Crippen LogP contribution < -0.4 is 10.1 Å². The first kappa shape index (κ1) is 17.5. The molecule has 0 saturated heterocycles. The van der Waals surface area contributed by atoms with Crippen molar-refractivity contribution >= 4 is 34.1 Å². The predicted molar refractivity (Wildman–Crippen MR) is 105 cm³/mol. The number of thioether (sulfide) groups is 1. The Bertz CT molecular complexity index is 834. The number of nitrogens with one attached hydrogen (secondary N) is 1. The van der Waals surface area contributed by atoms with E-state index in [0.29, 0.717) is 11.6 Å². The maximum Gasteiger partial charge on any atom is 0.226 e. The lowest BCUT2D eigenvalue weighted by molar-refractivity contribution is -0.115. The highest BCUT2D eigenvalue weighted by Crippen LogP contribution is 2.27. The lowest BCUT2D eigenvalue weighted by Crippen LogP contribution is -2.11. The summed E-state index contributed by atoms with van der Waals surface area (Å²) in [6.45, 7) is 0. The van der Waals surface area contributed by atoms with Gasteiger partial charge < -0.3 is 10.1 Å². The molecule has 0 bridgehead atoms. The number of hydrogen-bond donors (Lipinski definition) is 1. The number of rotatable bonds is 7.